The maximum absolute atomic E-state index is 11.6. The van der Waals surface area contributed by atoms with E-state index in [9.17, 15) is 19.2 Å². The molecule has 0 aliphatic carbocycles. The van der Waals surface area contributed by atoms with Gasteiger partial charge >= 0.3 is 23.9 Å². The number of ether oxygens (including phenoxy) is 4. The summed E-state index contributed by atoms with van der Waals surface area (Å²) in [7, 11) is 0. The first kappa shape index (κ1) is 17.9. The van der Waals surface area contributed by atoms with Gasteiger partial charge in [-0.05, 0) is 0 Å². The van der Waals surface area contributed by atoms with E-state index in [2.05, 4.69) is 0 Å². The fourth-order valence-corrected chi connectivity index (χ4v) is 2.40. The minimum Gasteiger partial charge on any atom is -0.481 e. The summed E-state index contributed by atoms with van der Waals surface area (Å²) >= 11 is 0. The van der Waals surface area contributed by atoms with E-state index < -0.39 is 48.3 Å². The molecule has 10 nitrogen and oxygen atoms in total. The van der Waals surface area contributed by atoms with E-state index in [0.717, 1.165) is 6.08 Å². The Labute approximate surface area is 135 Å². The largest absolute Gasteiger partial charge is 0.481 e. The summed E-state index contributed by atoms with van der Waals surface area (Å²) in [5, 5.41) is 17.0. The van der Waals surface area contributed by atoms with Gasteiger partial charge in [0.25, 0.3) is 0 Å². The topological polar surface area (TPSA) is 146 Å². The highest BCUT2D eigenvalue weighted by Crippen LogP contribution is 2.30. The second kappa shape index (κ2) is 7.88. The fraction of sp³-hybridized carbons (Fsp3) is 0.571. The van der Waals surface area contributed by atoms with E-state index in [1.165, 1.54) is 0 Å². The summed E-state index contributed by atoms with van der Waals surface area (Å²) in [5.74, 6) is -3.92. The van der Waals surface area contributed by atoms with Crippen LogP contribution in [-0.4, -0.2) is 71.7 Å². The number of carboxylic acid groups (broad SMARTS) is 2. The van der Waals surface area contributed by atoms with Crippen molar-refractivity contribution >= 4 is 23.9 Å². The van der Waals surface area contributed by atoms with E-state index in [0.29, 0.717) is 6.08 Å². The van der Waals surface area contributed by atoms with Crippen molar-refractivity contribution in [2.75, 3.05) is 13.2 Å². The number of fused-ring (bicyclic) bond motifs is 1. The van der Waals surface area contributed by atoms with Crippen molar-refractivity contribution in [1.29, 1.82) is 0 Å². The van der Waals surface area contributed by atoms with Crippen molar-refractivity contribution < 1.29 is 48.3 Å². The lowest BCUT2D eigenvalue weighted by atomic mass is 10.1. The van der Waals surface area contributed by atoms with Crippen LogP contribution >= 0.6 is 0 Å². The van der Waals surface area contributed by atoms with Gasteiger partial charge in [0, 0.05) is 12.2 Å². The Morgan fingerprint density at radius 2 is 1.50 bits per heavy atom. The molecule has 0 amide bonds. The van der Waals surface area contributed by atoms with Crippen LogP contribution in [-0.2, 0) is 38.1 Å². The van der Waals surface area contributed by atoms with Gasteiger partial charge in [-0.2, -0.15) is 0 Å². The van der Waals surface area contributed by atoms with E-state index in [-0.39, 0.29) is 26.1 Å². The predicted octanol–water partition coefficient (Wildman–Crippen LogP) is -0.887. The molecule has 0 aromatic heterocycles. The first-order valence-corrected chi connectivity index (χ1v) is 7.13. The summed E-state index contributed by atoms with van der Waals surface area (Å²) in [5.41, 5.74) is 0. The van der Waals surface area contributed by atoms with Crippen molar-refractivity contribution in [2.24, 2.45) is 0 Å². The van der Waals surface area contributed by atoms with Gasteiger partial charge in [0.2, 0.25) is 0 Å². The van der Waals surface area contributed by atoms with Crippen molar-refractivity contribution in [3.63, 3.8) is 0 Å². The predicted molar refractivity (Wildman–Crippen MR) is 72.9 cm³/mol. The lowest BCUT2D eigenvalue weighted by molar-refractivity contribution is -0.156. The third-order valence-corrected chi connectivity index (χ3v) is 3.42. The number of hydrogen-bond acceptors (Lipinski definition) is 8. The smallest absolute Gasteiger partial charge is 0.331 e. The van der Waals surface area contributed by atoms with E-state index in [1.54, 1.807) is 0 Å². The van der Waals surface area contributed by atoms with Crippen LogP contribution in [0.1, 0.15) is 12.8 Å². The SMILES string of the molecule is O=C(O)/C=C/C(=O)O[C@@H]1COC2C1OC[C@H]2OC(=O)CCC(=O)O. The standard InChI is InChI=1S/C14H16O10/c15-9(16)1-3-11(19)23-7-5-21-14-8(6-22-13(7)14)24-12(20)4-2-10(17)18/h1,3,7-8,13-14H,2,4-6H2,(H,15,16)(H,17,18)/b3-1+/t7-,8-,13?,14?/m1/s1. The van der Waals surface area contributed by atoms with E-state index >= 15 is 0 Å². The lowest BCUT2D eigenvalue weighted by Gasteiger charge is -2.16. The van der Waals surface area contributed by atoms with Crippen LogP contribution in [0.5, 0.6) is 0 Å². The molecule has 4 atom stereocenters. The molecule has 10 heteroatoms. The number of hydrogen-bond donors (Lipinski definition) is 2. The number of carbonyl (C=O) groups excluding carboxylic acids is 2. The average Bonchev–Trinajstić information content (AvgIpc) is 3.07. The molecule has 0 aromatic rings. The Hall–Kier alpha value is -2.46. The highest BCUT2D eigenvalue weighted by molar-refractivity contribution is 5.90. The number of esters is 2. The van der Waals surface area contributed by atoms with E-state index in [4.69, 9.17) is 29.2 Å². The zero-order chi connectivity index (χ0) is 17.7. The van der Waals surface area contributed by atoms with Crippen LogP contribution in [0.2, 0.25) is 0 Å². The first-order chi connectivity index (χ1) is 11.4. The Kier molecular flexibility index (Phi) is 5.88. The second-order valence-electron chi connectivity index (χ2n) is 5.16. The van der Waals surface area contributed by atoms with Crippen LogP contribution < -0.4 is 0 Å². The molecule has 0 radical (unpaired) electrons. The summed E-state index contributed by atoms with van der Waals surface area (Å²) in [6.45, 7) is 0.0539. The van der Waals surface area contributed by atoms with Crippen LogP contribution in [0.25, 0.3) is 0 Å². The zero-order valence-corrected chi connectivity index (χ0v) is 12.5. The summed E-state index contributed by atoms with van der Waals surface area (Å²) in [4.78, 5) is 43.8. The average molecular weight is 344 g/mol. The third kappa shape index (κ3) is 4.77. The van der Waals surface area contributed by atoms with Crippen LogP contribution in [0.15, 0.2) is 12.2 Å². The van der Waals surface area contributed by atoms with Crippen LogP contribution in [0.4, 0.5) is 0 Å². The molecular weight excluding hydrogens is 328 g/mol. The van der Waals surface area contributed by atoms with Gasteiger partial charge in [0.1, 0.15) is 12.2 Å². The molecule has 0 bridgehead atoms. The molecule has 0 spiro atoms. The highest BCUT2D eigenvalue weighted by atomic mass is 16.7. The van der Waals surface area contributed by atoms with Gasteiger partial charge in [-0.25, -0.2) is 9.59 Å². The molecule has 2 fully saturated rings. The van der Waals surface area contributed by atoms with Crippen molar-refractivity contribution in [2.45, 2.75) is 37.3 Å². The molecule has 2 aliphatic rings. The van der Waals surface area contributed by atoms with Crippen molar-refractivity contribution in [1.82, 2.24) is 0 Å². The van der Waals surface area contributed by atoms with Crippen LogP contribution in [0, 0.1) is 0 Å². The van der Waals surface area contributed by atoms with Crippen molar-refractivity contribution in [3.05, 3.63) is 12.2 Å². The molecule has 2 aliphatic heterocycles. The fourth-order valence-electron chi connectivity index (χ4n) is 2.40. The third-order valence-electron chi connectivity index (χ3n) is 3.42. The Morgan fingerprint density at radius 1 is 0.917 bits per heavy atom. The molecule has 2 rings (SSSR count). The normalized spacial score (nSPS) is 28.5. The molecule has 0 aromatic carbocycles. The van der Waals surface area contributed by atoms with Gasteiger partial charge in [0.05, 0.1) is 26.1 Å². The first-order valence-electron chi connectivity index (χ1n) is 7.13. The minimum atomic E-state index is -1.28. The second-order valence-corrected chi connectivity index (χ2v) is 5.16. The maximum Gasteiger partial charge on any atom is 0.331 e. The summed E-state index contributed by atoms with van der Waals surface area (Å²) in [6.07, 6.45) is -1.89. The van der Waals surface area contributed by atoms with Crippen molar-refractivity contribution in [3.8, 4) is 0 Å². The summed E-state index contributed by atoms with van der Waals surface area (Å²) in [6, 6.07) is 0. The van der Waals surface area contributed by atoms with Gasteiger partial charge in [-0.1, -0.05) is 0 Å². The van der Waals surface area contributed by atoms with E-state index in [1.807, 2.05) is 0 Å². The number of carboxylic acids is 2. The van der Waals surface area contributed by atoms with Crippen LogP contribution in [0.3, 0.4) is 0 Å². The zero-order valence-electron chi connectivity index (χ0n) is 12.5. The monoisotopic (exact) mass is 344 g/mol. The molecule has 2 saturated heterocycles. The van der Waals surface area contributed by atoms with Gasteiger partial charge in [0.15, 0.2) is 12.2 Å². The Morgan fingerprint density at radius 3 is 2.04 bits per heavy atom. The Balaban J connectivity index is 1.83. The number of aliphatic carboxylic acids is 2. The van der Waals surface area contributed by atoms with Gasteiger partial charge in [-0.3, -0.25) is 9.59 Å². The molecule has 2 heterocycles. The maximum atomic E-state index is 11.6. The molecule has 0 saturated carbocycles. The van der Waals surface area contributed by atoms with Gasteiger partial charge in [-0.15, -0.1) is 0 Å². The quantitative estimate of drug-likeness (QED) is 0.440. The lowest BCUT2D eigenvalue weighted by Crippen LogP contribution is -2.35. The van der Waals surface area contributed by atoms with Gasteiger partial charge < -0.3 is 29.2 Å². The minimum absolute atomic E-state index is 0.0190. The summed E-state index contributed by atoms with van der Waals surface area (Å²) < 4.78 is 21.0. The number of rotatable bonds is 7. The molecule has 132 valence electrons. The molecule has 24 heavy (non-hydrogen) atoms. The highest BCUT2D eigenvalue weighted by Gasteiger charge is 2.51. The number of carbonyl (C=O) groups is 4. The molecule has 2 unspecified atom stereocenters. The molecule has 2 N–H and O–H groups in total. The molecular formula is C14H16O10. The Bertz CT molecular complexity index is 554.